The Morgan fingerprint density at radius 2 is 2.40 bits per heavy atom. The molecule has 15 heavy (non-hydrogen) atoms. The Morgan fingerprint density at radius 1 is 1.67 bits per heavy atom. The Hall–Kier alpha value is -1.59. The third kappa shape index (κ3) is 2.08. The second-order valence-corrected chi connectivity index (χ2v) is 3.90. The molecule has 1 aromatic heterocycles. The third-order valence-electron chi connectivity index (χ3n) is 2.70. The maximum atomic E-state index is 10.5. The van der Waals surface area contributed by atoms with Crippen LogP contribution in [0.3, 0.4) is 0 Å². The number of hydrogen-bond donors (Lipinski definition) is 2. The molecule has 82 valence electrons. The number of anilines is 1. The molecule has 6 heteroatoms. The van der Waals surface area contributed by atoms with Gasteiger partial charge in [-0.05, 0) is 12.8 Å². The Kier molecular flexibility index (Phi) is 2.57. The minimum absolute atomic E-state index is 0.0814. The number of carbonyl (C=O) groups is 1. The number of rotatable bonds is 4. The van der Waals surface area contributed by atoms with Crippen LogP contribution in [0.2, 0.25) is 0 Å². The van der Waals surface area contributed by atoms with Crippen LogP contribution in [0.1, 0.15) is 31.0 Å². The number of hydrogen-bond acceptors (Lipinski definition) is 4. The lowest BCUT2D eigenvalue weighted by Gasteiger charge is -2.22. The number of aromatic nitrogens is 3. The van der Waals surface area contributed by atoms with Crippen molar-refractivity contribution in [3.63, 3.8) is 0 Å². The van der Waals surface area contributed by atoms with Gasteiger partial charge in [-0.1, -0.05) is 6.42 Å². The van der Waals surface area contributed by atoms with Gasteiger partial charge in [0.05, 0.1) is 0 Å². The molecule has 0 saturated heterocycles. The van der Waals surface area contributed by atoms with Crippen LogP contribution in [0.4, 0.5) is 5.95 Å². The van der Waals surface area contributed by atoms with Crippen molar-refractivity contribution in [1.29, 1.82) is 0 Å². The van der Waals surface area contributed by atoms with E-state index in [0.717, 1.165) is 18.7 Å². The lowest BCUT2D eigenvalue weighted by Crippen LogP contribution is -2.26. The number of likely N-dealkylation sites (N-methyl/N-ethyl adjacent to an activating group) is 1. The standard InChI is InChI=1S/C9H14N4O2/c1-13(5-7(14)15)9-10-8(11-12-9)6-3-2-4-6/h6H,2-5H2,1H3,(H,14,15)(H,10,11,12). The molecule has 0 radical (unpaired) electrons. The molecule has 1 fully saturated rings. The summed E-state index contributed by atoms with van der Waals surface area (Å²) >= 11 is 0. The highest BCUT2D eigenvalue weighted by Gasteiger charge is 2.23. The van der Waals surface area contributed by atoms with E-state index in [1.165, 1.54) is 11.3 Å². The lowest BCUT2D eigenvalue weighted by molar-refractivity contribution is -0.135. The van der Waals surface area contributed by atoms with Crippen LogP contribution >= 0.6 is 0 Å². The average Bonchev–Trinajstić information content (AvgIpc) is 2.48. The van der Waals surface area contributed by atoms with E-state index in [1.54, 1.807) is 7.05 Å². The van der Waals surface area contributed by atoms with Gasteiger partial charge in [-0.2, -0.15) is 4.98 Å². The molecule has 0 atom stereocenters. The van der Waals surface area contributed by atoms with Gasteiger partial charge in [0, 0.05) is 13.0 Å². The molecule has 0 aliphatic heterocycles. The second-order valence-electron chi connectivity index (χ2n) is 3.90. The number of nitrogens with one attached hydrogen (secondary N) is 1. The molecule has 0 unspecified atom stereocenters. The van der Waals surface area contributed by atoms with Gasteiger partial charge in [0.25, 0.3) is 0 Å². The summed E-state index contributed by atoms with van der Waals surface area (Å²) in [6, 6.07) is 0. The second kappa shape index (κ2) is 3.88. The summed E-state index contributed by atoms with van der Waals surface area (Å²) in [4.78, 5) is 16.3. The predicted octanol–water partition coefficient (Wildman–Crippen LogP) is 0.593. The van der Waals surface area contributed by atoms with E-state index in [0.29, 0.717) is 11.9 Å². The zero-order valence-electron chi connectivity index (χ0n) is 8.60. The summed E-state index contributed by atoms with van der Waals surface area (Å²) in [7, 11) is 1.67. The van der Waals surface area contributed by atoms with Crippen LogP contribution in [0.25, 0.3) is 0 Å². The maximum absolute atomic E-state index is 10.5. The van der Waals surface area contributed by atoms with E-state index in [-0.39, 0.29) is 6.54 Å². The van der Waals surface area contributed by atoms with Crippen molar-refractivity contribution in [1.82, 2.24) is 15.2 Å². The number of aromatic amines is 1. The van der Waals surface area contributed by atoms with Crippen LogP contribution in [0.5, 0.6) is 0 Å². The summed E-state index contributed by atoms with van der Waals surface area (Å²) in [5.74, 6) is 0.949. The highest BCUT2D eigenvalue weighted by atomic mass is 16.4. The number of carboxylic acids is 1. The van der Waals surface area contributed by atoms with E-state index in [1.807, 2.05) is 0 Å². The largest absolute Gasteiger partial charge is 0.480 e. The van der Waals surface area contributed by atoms with E-state index in [2.05, 4.69) is 15.2 Å². The van der Waals surface area contributed by atoms with E-state index < -0.39 is 5.97 Å². The SMILES string of the molecule is CN(CC(=O)O)c1n[nH]c(C2CCC2)n1. The van der Waals surface area contributed by atoms with Crippen molar-refractivity contribution in [2.24, 2.45) is 0 Å². The smallest absolute Gasteiger partial charge is 0.323 e. The highest BCUT2D eigenvalue weighted by Crippen LogP contribution is 2.34. The van der Waals surface area contributed by atoms with Crippen LogP contribution in [0.15, 0.2) is 0 Å². The average molecular weight is 210 g/mol. The first-order valence-corrected chi connectivity index (χ1v) is 5.02. The first kappa shape index (κ1) is 9.95. The molecule has 0 amide bonds. The minimum Gasteiger partial charge on any atom is -0.480 e. The summed E-state index contributed by atoms with van der Waals surface area (Å²) in [6.07, 6.45) is 3.54. The Labute approximate surface area is 87.3 Å². The summed E-state index contributed by atoms with van der Waals surface area (Å²) in [5, 5.41) is 15.5. The molecule has 1 aliphatic rings. The molecule has 0 bridgehead atoms. The van der Waals surface area contributed by atoms with Crippen molar-refractivity contribution in [2.75, 3.05) is 18.5 Å². The third-order valence-corrected chi connectivity index (χ3v) is 2.70. The molecule has 1 aromatic rings. The fourth-order valence-electron chi connectivity index (χ4n) is 1.57. The van der Waals surface area contributed by atoms with Gasteiger partial charge >= 0.3 is 5.97 Å². The van der Waals surface area contributed by atoms with Crippen molar-refractivity contribution < 1.29 is 9.90 Å². The quantitative estimate of drug-likeness (QED) is 0.760. The molecule has 2 rings (SSSR count). The Balaban J connectivity index is 2.02. The fourth-order valence-corrected chi connectivity index (χ4v) is 1.57. The monoisotopic (exact) mass is 210 g/mol. The minimum atomic E-state index is -0.882. The first-order chi connectivity index (χ1) is 7.16. The molecule has 0 spiro atoms. The zero-order chi connectivity index (χ0) is 10.8. The maximum Gasteiger partial charge on any atom is 0.323 e. The van der Waals surface area contributed by atoms with E-state index >= 15 is 0 Å². The molecule has 1 saturated carbocycles. The topological polar surface area (TPSA) is 82.1 Å². The lowest BCUT2D eigenvalue weighted by atomic mass is 9.85. The predicted molar refractivity (Wildman–Crippen MR) is 53.9 cm³/mol. The van der Waals surface area contributed by atoms with Gasteiger partial charge in [-0.3, -0.25) is 9.89 Å². The highest BCUT2D eigenvalue weighted by molar-refractivity contribution is 5.72. The van der Waals surface area contributed by atoms with Gasteiger partial charge in [-0.25, -0.2) is 0 Å². The van der Waals surface area contributed by atoms with Crippen LogP contribution in [-0.2, 0) is 4.79 Å². The molecular formula is C9H14N4O2. The van der Waals surface area contributed by atoms with Crippen molar-refractivity contribution >= 4 is 11.9 Å². The van der Waals surface area contributed by atoms with Crippen molar-refractivity contribution in [3.05, 3.63) is 5.82 Å². The molecule has 0 aromatic carbocycles. The molecule has 1 aliphatic carbocycles. The number of carboxylic acid groups (broad SMARTS) is 1. The molecule has 6 nitrogen and oxygen atoms in total. The fraction of sp³-hybridized carbons (Fsp3) is 0.667. The number of H-pyrrole nitrogens is 1. The first-order valence-electron chi connectivity index (χ1n) is 5.02. The van der Waals surface area contributed by atoms with Crippen molar-refractivity contribution in [2.45, 2.75) is 25.2 Å². The van der Waals surface area contributed by atoms with Gasteiger partial charge in [0.15, 0.2) is 0 Å². The van der Waals surface area contributed by atoms with Gasteiger partial charge in [0.2, 0.25) is 5.95 Å². The van der Waals surface area contributed by atoms with Gasteiger partial charge in [-0.15, -0.1) is 5.10 Å². The van der Waals surface area contributed by atoms with Gasteiger partial charge < -0.3 is 10.0 Å². The summed E-state index contributed by atoms with van der Waals surface area (Å²) in [6.45, 7) is -0.0814. The summed E-state index contributed by atoms with van der Waals surface area (Å²) in [5.41, 5.74) is 0. The Morgan fingerprint density at radius 3 is 2.93 bits per heavy atom. The Bertz CT molecular complexity index is 359. The zero-order valence-corrected chi connectivity index (χ0v) is 8.60. The molecule has 1 heterocycles. The molecule has 2 N–H and O–H groups in total. The van der Waals surface area contributed by atoms with Crippen LogP contribution in [0, 0.1) is 0 Å². The normalized spacial score (nSPS) is 16.1. The van der Waals surface area contributed by atoms with E-state index in [9.17, 15) is 4.79 Å². The van der Waals surface area contributed by atoms with Gasteiger partial charge in [0.1, 0.15) is 12.4 Å². The van der Waals surface area contributed by atoms with Crippen molar-refractivity contribution in [3.8, 4) is 0 Å². The number of nitrogens with zero attached hydrogens (tertiary/aromatic N) is 3. The number of aliphatic carboxylic acids is 1. The van der Waals surface area contributed by atoms with E-state index in [4.69, 9.17) is 5.11 Å². The summed E-state index contributed by atoms with van der Waals surface area (Å²) < 4.78 is 0. The molecular weight excluding hydrogens is 196 g/mol. The van der Waals surface area contributed by atoms with Crippen LogP contribution in [-0.4, -0.2) is 39.8 Å². The van der Waals surface area contributed by atoms with Crippen LogP contribution < -0.4 is 4.90 Å².